The lowest BCUT2D eigenvalue weighted by Gasteiger charge is -2.34. The van der Waals surface area contributed by atoms with Gasteiger partial charge in [0.1, 0.15) is 0 Å². The van der Waals surface area contributed by atoms with Crippen LogP contribution < -0.4 is 22.9 Å². The van der Waals surface area contributed by atoms with Gasteiger partial charge in [0.15, 0.2) is 0 Å². The summed E-state index contributed by atoms with van der Waals surface area (Å²) in [6.45, 7) is 3.12. The summed E-state index contributed by atoms with van der Waals surface area (Å²) in [4.78, 5) is 0. The minimum Gasteiger partial charge on any atom is -0.330 e. The largest absolute Gasteiger partial charge is 0.330 e. The van der Waals surface area contributed by atoms with Crippen molar-refractivity contribution in [3.63, 3.8) is 0 Å². The van der Waals surface area contributed by atoms with E-state index in [-0.39, 0.29) is 0 Å². The summed E-state index contributed by atoms with van der Waals surface area (Å²) in [5, 5.41) is 0. The van der Waals surface area contributed by atoms with Crippen LogP contribution in [0.25, 0.3) is 0 Å². The molecule has 0 radical (unpaired) electrons. The Kier molecular flexibility index (Phi) is 8.03. The molecule has 2 aliphatic carbocycles. The first-order valence-electron chi connectivity index (χ1n) is 8.46. The highest BCUT2D eigenvalue weighted by molar-refractivity contribution is 4.84. The van der Waals surface area contributed by atoms with E-state index in [0.29, 0.717) is 10.8 Å². The van der Waals surface area contributed by atoms with Crippen LogP contribution in [-0.2, 0) is 0 Å². The molecule has 0 bridgehead atoms. The second-order valence-electron chi connectivity index (χ2n) is 6.94. The molecule has 0 aliphatic heterocycles. The maximum atomic E-state index is 5.67. The van der Waals surface area contributed by atoms with Gasteiger partial charge in [-0.2, -0.15) is 0 Å². The second kappa shape index (κ2) is 8.98. The summed E-state index contributed by atoms with van der Waals surface area (Å²) in [6, 6.07) is 0. The fraction of sp³-hybridized carbons (Fsp3) is 1.00. The minimum atomic E-state index is 0.318. The molecule has 20 heavy (non-hydrogen) atoms. The van der Waals surface area contributed by atoms with E-state index in [4.69, 9.17) is 22.9 Å². The lowest BCUT2D eigenvalue weighted by Crippen LogP contribution is -2.39. The van der Waals surface area contributed by atoms with Crippen molar-refractivity contribution in [2.24, 2.45) is 33.8 Å². The van der Waals surface area contributed by atoms with Crippen LogP contribution in [0.4, 0.5) is 0 Å². The molecule has 0 aromatic heterocycles. The van der Waals surface area contributed by atoms with Crippen molar-refractivity contribution in [2.75, 3.05) is 26.2 Å². The molecule has 0 heterocycles. The van der Waals surface area contributed by atoms with Gasteiger partial charge < -0.3 is 22.9 Å². The van der Waals surface area contributed by atoms with Crippen LogP contribution in [0, 0.1) is 10.8 Å². The zero-order valence-electron chi connectivity index (χ0n) is 13.2. The number of hydrogen-bond donors (Lipinski definition) is 4. The Morgan fingerprint density at radius 3 is 0.850 bits per heavy atom. The lowest BCUT2D eigenvalue weighted by molar-refractivity contribution is 0.208. The fourth-order valence-corrected chi connectivity index (χ4v) is 3.59. The van der Waals surface area contributed by atoms with Crippen LogP contribution in [0.3, 0.4) is 0 Å². The maximum absolute atomic E-state index is 5.67. The molecular weight excluding hydrogens is 248 g/mol. The summed E-state index contributed by atoms with van der Waals surface area (Å²) >= 11 is 0. The predicted octanol–water partition coefficient (Wildman–Crippen LogP) is 1.71. The van der Waals surface area contributed by atoms with E-state index in [1.807, 2.05) is 0 Å². The quantitative estimate of drug-likeness (QED) is 0.631. The normalized spacial score (nSPS) is 24.6. The number of nitrogens with two attached hydrogens (primary N) is 4. The highest BCUT2D eigenvalue weighted by Crippen LogP contribution is 2.34. The van der Waals surface area contributed by atoms with E-state index >= 15 is 0 Å². The predicted molar refractivity (Wildman–Crippen MR) is 87.3 cm³/mol. The molecular formula is C16H36N4. The molecule has 0 aromatic carbocycles. The highest BCUT2D eigenvalue weighted by atomic mass is 14.7. The van der Waals surface area contributed by atoms with Crippen molar-refractivity contribution in [1.29, 1.82) is 0 Å². The molecule has 0 atom stereocenters. The molecule has 4 heteroatoms. The monoisotopic (exact) mass is 284 g/mol. The van der Waals surface area contributed by atoms with E-state index in [1.165, 1.54) is 64.2 Å². The zero-order chi connectivity index (χ0) is 14.9. The third-order valence-electron chi connectivity index (χ3n) is 5.56. The van der Waals surface area contributed by atoms with E-state index in [9.17, 15) is 0 Å². The summed E-state index contributed by atoms with van der Waals surface area (Å²) < 4.78 is 0. The van der Waals surface area contributed by atoms with Crippen LogP contribution in [0.5, 0.6) is 0 Å². The molecule has 0 spiro atoms. The van der Waals surface area contributed by atoms with E-state index < -0.39 is 0 Å². The Bertz CT molecular complexity index is 205. The van der Waals surface area contributed by atoms with Gasteiger partial charge in [0.2, 0.25) is 0 Å². The molecule has 2 fully saturated rings. The van der Waals surface area contributed by atoms with Crippen molar-refractivity contribution >= 4 is 0 Å². The van der Waals surface area contributed by atoms with Crippen LogP contribution in [0.1, 0.15) is 64.2 Å². The first-order valence-corrected chi connectivity index (χ1v) is 8.46. The van der Waals surface area contributed by atoms with E-state index in [1.54, 1.807) is 0 Å². The zero-order valence-corrected chi connectivity index (χ0v) is 13.2. The molecule has 8 N–H and O–H groups in total. The van der Waals surface area contributed by atoms with E-state index in [2.05, 4.69) is 0 Å². The van der Waals surface area contributed by atoms with Crippen LogP contribution >= 0.6 is 0 Å². The molecule has 0 saturated heterocycles. The molecule has 0 amide bonds. The van der Waals surface area contributed by atoms with Gasteiger partial charge in [-0.25, -0.2) is 0 Å². The Balaban J connectivity index is 0.000000200. The molecule has 4 nitrogen and oxygen atoms in total. The molecule has 120 valence electrons. The standard InChI is InChI=1S/2C8H18N2/c2*9-6-8(7-10)4-2-1-3-5-8/h2*1-7,9-10H2. The number of hydrogen-bond acceptors (Lipinski definition) is 4. The van der Waals surface area contributed by atoms with Gasteiger partial charge in [-0.05, 0) is 62.7 Å². The van der Waals surface area contributed by atoms with Crippen LogP contribution in [0.15, 0.2) is 0 Å². The van der Waals surface area contributed by atoms with E-state index in [0.717, 1.165) is 26.2 Å². The third kappa shape index (κ3) is 4.99. The first kappa shape index (κ1) is 17.9. The van der Waals surface area contributed by atoms with Crippen molar-refractivity contribution in [3.05, 3.63) is 0 Å². The summed E-state index contributed by atoms with van der Waals surface area (Å²) in [6.07, 6.45) is 13.1. The Morgan fingerprint density at radius 2 is 0.700 bits per heavy atom. The number of rotatable bonds is 4. The van der Waals surface area contributed by atoms with Crippen molar-refractivity contribution in [3.8, 4) is 0 Å². The van der Waals surface area contributed by atoms with Gasteiger partial charge in [-0.3, -0.25) is 0 Å². The fourth-order valence-electron chi connectivity index (χ4n) is 3.59. The average Bonchev–Trinajstić information content (AvgIpc) is 2.56. The minimum absolute atomic E-state index is 0.318. The Hall–Kier alpha value is -0.160. The van der Waals surface area contributed by atoms with Gasteiger partial charge in [-0.15, -0.1) is 0 Å². The van der Waals surface area contributed by atoms with Crippen molar-refractivity contribution in [2.45, 2.75) is 64.2 Å². The lowest BCUT2D eigenvalue weighted by atomic mass is 9.74. The topological polar surface area (TPSA) is 104 Å². The van der Waals surface area contributed by atoms with Gasteiger partial charge in [0.25, 0.3) is 0 Å². The van der Waals surface area contributed by atoms with Crippen molar-refractivity contribution < 1.29 is 0 Å². The Labute approximate surface area is 125 Å². The van der Waals surface area contributed by atoms with Gasteiger partial charge in [0, 0.05) is 0 Å². The maximum Gasteiger partial charge on any atom is -0.000844 e. The average molecular weight is 284 g/mol. The SMILES string of the molecule is NCC1(CN)CCCCC1.NCC1(CN)CCCCC1. The summed E-state index contributed by atoms with van der Waals surface area (Å²) in [5.41, 5.74) is 23.3. The summed E-state index contributed by atoms with van der Waals surface area (Å²) in [7, 11) is 0. The Morgan fingerprint density at radius 1 is 0.450 bits per heavy atom. The smallest absolute Gasteiger partial charge is 0.000844 e. The second-order valence-corrected chi connectivity index (χ2v) is 6.94. The molecule has 0 unspecified atom stereocenters. The highest BCUT2D eigenvalue weighted by Gasteiger charge is 2.29. The molecule has 0 aromatic rings. The molecule has 2 aliphatic rings. The first-order chi connectivity index (χ1) is 9.66. The van der Waals surface area contributed by atoms with Gasteiger partial charge in [0.05, 0.1) is 0 Å². The summed E-state index contributed by atoms with van der Waals surface area (Å²) in [5.74, 6) is 0. The molecule has 2 rings (SSSR count). The van der Waals surface area contributed by atoms with Gasteiger partial charge in [-0.1, -0.05) is 38.5 Å². The van der Waals surface area contributed by atoms with Crippen LogP contribution in [0.2, 0.25) is 0 Å². The van der Waals surface area contributed by atoms with Crippen LogP contribution in [-0.4, -0.2) is 26.2 Å². The van der Waals surface area contributed by atoms with Crippen molar-refractivity contribution in [1.82, 2.24) is 0 Å². The third-order valence-corrected chi connectivity index (χ3v) is 5.56. The molecule has 2 saturated carbocycles. The van der Waals surface area contributed by atoms with Gasteiger partial charge >= 0.3 is 0 Å².